The molecule has 0 radical (unpaired) electrons. The van der Waals surface area contributed by atoms with Gasteiger partial charge in [0.2, 0.25) is 5.91 Å². The van der Waals surface area contributed by atoms with Crippen molar-refractivity contribution < 1.29 is 13.9 Å². The number of nitrogens with zero attached hydrogens (tertiary/aromatic N) is 2. The third kappa shape index (κ3) is 3.80. The summed E-state index contributed by atoms with van der Waals surface area (Å²) in [7, 11) is 1.51. The van der Waals surface area contributed by atoms with Gasteiger partial charge in [-0.25, -0.2) is 13.8 Å². The number of rotatable bonds is 6. The number of aromatic nitrogens is 2. The van der Waals surface area contributed by atoms with Gasteiger partial charge in [-0.2, -0.15) is 0 Å². The zero-order valence-electron chi connectivity index (χ0n) is 14.6. The molecule has 0 aliphatic carbocycles. The maximum atomic E-state index is 13.6. The summed E-state index contributed by atoms with van der Waals surface area (Å²) in [5, 5.41) is 2.89. The molecular weight excluding hydrogens is 353 g/mol. The van der Waals surface area contributed by atoms with Gasteiger partial charge in [-0.15, -0.1) is 0 Å². The molecule has 0 spiro atoms. The first-order chi connectivity index (χ1) is 13.0. The summed E-state index contributed by atoms with van der Waals surface area (Å²) in [5.74, 6) is -0.973. The largest absolute Gasteiger partial charge is 0.383 e. The first kappa shape index (κ1) is 18.5. The Kier molecular flexibility index (Phi) is 5.46. The SMILES string of the molecule is COCCNC(=O)Cn1c(=O)n(-c2cccc(F)c2)c(=O)c2ccccc21. The fourth-order valence-corrected chi connectivity index (χ4v) is 2.81. The minimum Gasteiger partial charge on any atom is -0.383 e. The maximum absolute atomic E-state index is 13.6. The molecule has 140 valence electrons. The molecule has 0 atom stereocenters. The van der Waals surface area contributed by atoms with Crippen LogP contribution in [0.5, 0.6) is 0 Å². The van der Waals surface area contributed by atoms with E-state index in [1.807, 2.05) is 0 Å². The van der Waals surface area contributed by atoms with Crippen LogP contribution in [0.15, 0.2) is 58.1 Å². The molecule has 27 heavy (non-hydrogen) atoms. The van der Waals surface area contributed by atoms with Crippen LogP contribution in [-0.4, -0.2) is 35.3 Å². The highest BCUT2D eigenvalue weighted by molar-refractivity contribution is 5.81. The van der Waals surface area contributed by atoms with Gasteiger partial charge >= 0.3 is 5.69 Å². The van der Waals surface area contributed by atoms with E-state index in [2.05, 4.69) is 5.32 Å². The molecule has 0 unspecified atom stereocenters. The van der Waals surface area contributed by atoms with E-state index in [1.165, 1.54) is 29.9 Å². The van der Waals surface area contributed by atoms with Crippen molar-refractivity contribution in [2.24, 2.45) is 0 Å². The average Bonchev–Trinajstić information content (AvgIpc) is 2.66. The summed E-state index contributed by atoms with van der Waals surface area (Å²) in [6.07, 6.45) is 0. The molecule has 0 saturated heterocycles. The molecule has 0 saturated carbocycles. The number of halogens is 1. The van der Waals surface area contributed by atoms with Crippen LogP contribution >= 0.6 is 0 Å². The number of carbonyl (C=O) groups excluding carboxylic acids is 1. The molecule has 0 fully saturated rings. The number of ether oxygens (including phenoxy) is 1. The summed E-state index contributed by atoms with van der Waals surface area (Å²) in [6.45, 7) is 0.356. The van der Waals surface area contributed by atoms with Crippen LogP contribution in [0.4, 0.5) is 4.39 Å². The quantitative estimate of drug-likeness (QED) is 0.657. The Hall–Kier alpha value is -3.26. The molecule has 7 nitrogen and oxygen atoms in total. The maximum Gasteiger partial charge on any atom is 0.336 e. The van der Waals surface area contributed by atoms with E-state index in [-0.39, 0.29) is 17.6 Å². The molecule has 1 aromatic heterocycles. The summed E-state index contributed by atoms with van der Waals surface area (Å²) in [5.41, 5.74) is -0.852. The highest BCUT2D eigenvalue weighted by Gasteiger charge is 2.16. The molecular formula is C19H18FN3O4. The zero-order valence-corrected chi connectivity index (χ0v) is 14.6. The first-order valence-electron chi connectivity index (χ1n) is 8.29. The number of methoxy groups -OCH3 is 1. The van der Waals surface area contributed by atoms with E-state index in [9.17, 15) is 18.8 Å². The second-order valence-corrected chi connectivity index (χ2v) is 5.85. The number of carbonyl (C=O) groups is 1. The van der Waals surface area contributed by atoms with Crippen LogP contribution in [0.3, 0.4) is 0 Å². The van der Waals surface area contributed by atoms with Gasteiger partial charge in [-0.05, 0) is 30.3 Å². The van der Waals surface area contributed by atoms with E-state index in [4.69, 9.17) is 4.74 Å². The molecule has 0 aliphatic heterocycles. The van der Waals surface area contributed by atoms with Gasteiger partial charge in [-0.1, -0.05) is 18.2 Å². The molecule has 1 N–H and O–H groups in total. The lowest BCUT2D eigenvalue weighted by Crippen LogP contribution is -2.42. The van der Waals surface area contributed by atoms with Gasteiger partial charge in [0, 0.05) is 13.7 Å². The lowest BCUT2D eigenvalue weighted by molar-refractivity contribution is -0.121. The van der Waals surface area contributed by atoms with Gasteiger partial charge in [-0.3, -0.25) is 14.2 Å². The number of amides is 1. The second-order valence-electron chi connectivity index (χ2n) is 5.85. The van der Waals surface area contributed by atoms with Gasteiger partial charge in [0.1, 0.15) is 12.4 Å². The molecule has 0 bridgehead atoms. The minimum atomic E-state index is -0.716. The molecule has 8 heteroatoms. The van der Waals surface area contributed by atoms with Crippen molar-refractivity contribution in [3.8, 4) is 5.69 Å². The van der Waals surface area contributed by atoms with Gasteiger partial charge in [0.15, 0.2) is 0 Å². The standard InChI is InChI=1S/C19H18FN3O4/c1-27-10-9-21-17(24)12-22-16-8-3-2-7-15(16)18(25)23(19(22)26)14-6-4-5-13(20)11-14/h2-8,11H,9-10,12H2,1H3,(H,21,24). The van der Waals surface area contributed by atoms with E-state index in [1.54, 1.807) is 24.3 Å². The number of fused-ring (bicyclic) bond motifs is 1. The number of hydrogen-bond donors (Lipinski definition) is 1. The normalized spacial score (nSPS) is 10.9. The van der Waals surface area contributed by atoms with Crippen LogP contribution in [0, 0.1) is 5.82 Å². The first-order valence-corrected chi connectivity index (χ1v) is 8.29. The monoisotopic (exact) mass is 371 g/mol. The third-order valence-corrected chi connectivity index (χ3v) is 4.05. The lowest BCUT2D eigenvalue weighted by atomic mass is 10.2. The Balaban J connectivity index is 2.17. The van der Waals surface area contributed by atoms with Crippen molar-refractivity contribution in [1.82, 2.24) is 14.5 Å². The topological polar surface area (TPSA) is 82.3 Å². The Bertz CT molecular complexity index is 1100. The molecule has 3 aromatic rings. The Morgan fingerprint density at radius 2 is 1.93 bits per heavy atom. The summed E-state index contributed by atoms with van der Waals surface area (Å²) >= 11 is 0. The summed E-state index contributed by atoms with van der Waals surface area (Å²) < 4.78 is 20.6. The fraction of sp³-hybridized carbons (Fsp3) is 0.211. The number of benzene rings is 2. The molecule has 2 aromatic carbocycles. The third-order valence-electron chi connectivity index (χ3n) is 4.05. The Labute approximate surface area is 153 Å². The van der Waals surface area contributed by atoms with Crippen molar-refractivity contribution in [3.05, 3.63) is 75.2 Å². The second kappa shape index (κ2) is 7.96. The summed E-state index contributed by atoms with van der Waals surface area (Å²) in [4.78, 5) is 38.0. The van der Waals surface area contributed by atoms with Crippen molar-refractivity contribution in [2.45, 2.75) is 6.54 Å². The smallest absolute Gasteiger partial charge is 0.336 e. The van der Waals surface area contributed by atoms with Crippen molar-refractivity contribution in [2.75, 3.05) is 20.3 Å². The van der Waals surface area contributed by atoms with E-state index < -0.39 is 23.0 Å². The van der Waals surface area contributed by atoms with Gasteiger partial charge in [0.05, 0.1) is 23.2 Å². The van der Waals surface area contributed by atoms with Crippen molar-refractivity contribution in [3.63, 3.8) is 0 Å². The van der Waals surface area contributed by atoms with E-state index in [0.29, 0.717) is 18.7 Å². The summed E-state index contributed by atoms with van der Waals surface area (Å²) in [6, 6.07) is 11.7. The van der Waals surface area contributed by atoms with Gasteiger partial charge in [0.25, 0.3) is 5.56 Å². The molecule has 1 heterocycles. The highest BCUT2D eigenvalue weighted by atomic mass is 19.1. The molecule has 1 amide bonds. The number of hydrogen-bond acceptors (Lipinski definition) is 4. The van der Waals surface area contributed by atoms with Gasteiger partial charge < -0.3 is 10.1 Å². The van der Waals surface area contributed by atoms with Crippen LogP contribution in [0.25, 0.3) is 16.6 Å². The minimum absolute atomic E-state index is 0.101. The molecule has 0 aliphatic rings. The average molecular weight is 371 g/mol. The molecule has 3 rings (SSSR count). The fourth-order valence-electron chi connectivity index (χ4n) is 2.81. The highest BCUT2D eigenvalue weighted by Crippen LogP contribution is 2.11. The van der Waals surface area contributed by atoms with Crippen molar-refractivity contribution >= 4 is 16.8 Å². The Morgan fingerprint density at radius 3 is 2.67 bits per heavy atom. The van der Waals surface area contributed by atoms with Crippen molar-refractivity contribution in [1.29, 1.82) is 0 Å². The number of para-hydroxylation sites is 1. The van der Waals surface area contributed by atoms with Crippen LogP contribution in [0.2, 0.25) is 0 Å². The Morgan fingerprint density at radius 1 is 1.15 bits per heavy atom. The predicted octanol–water partition coefficient (Wildman–Crippen LogP) is 1.05. The van der Waals surface area contributed by atoms with Crippen LogP contribution < -0.4 is 16.6 Å². The van der Waals surface area contributed by atoms with E-state index >= 15 is 0 Å². The van der Waals surface area contributed by atoms with Crippen LogP contribution in [-0.2, 0) is 16.1 Å². The number of nitrogens with one attached hydrogen (secondary N) is 1. The van der Waals surface area contributed by atoms with Crippen LogP contribution in [0.1, 0.15) is 0 Å². The predicted molar refractivity (Wildman–Crippen MR) is 98.6 cm³/mol. The lowest BCUT2D eigenvalue weighted by Gasteiger charge is -2.14. The zero-order chi connectivity index (χ0) is 19.4. The van der Waals surface area contributed by atoms with E-state index in [0.717, 1.165) is 10.6 Å².